The van der Waals surface area contributed by atoms with Crippen molar-refractivity contribution in [3.05, 3.63) is 0 Å². The number of carbonyl (C=O) groups is 3. The zero-order valence-corrected chi connectivity index (χ0v) is 16.1. The first-order chi connectivity index (χ1) is 11.2. The maximum atomic E-state index is 12.5. The normalized spacial score (nSPS) is 18.4. The highest BCUT2D eigenvalue weighted by molar-refractivity contribution is 7.92. The van der Waals surface area contributed by atoms with Crippen molar-refractivity contribution >= 4 is 40.0 Å². The Morgan fingerprint density at radius 2 is 1.84 bits per heavy atom. The third-order valence-electron chi connectivity index (χ3n) is 4.05. The highest BCUT2D eigenvalue weighted by Crippen LogP contribution is 2.17. The van der Waals surface area contributed by atoms with E-state index in [1.807, 2.05) is 13.8 Å². The van der Waals surface area contributed by atoms with Gasteiger partial charge in [0.05, 0.1) is 11.0 Å². The second-order valence-corrected chi connectivity index (χ2v) is 8.41. The largest absolute Gasteiger partial charge is 0.480 e. The fourth-order valence-electron chi connectivity index (χ4n) is 2.77. The van der Waals surface area contributed by atoms with Crippen molar-refractivity contribution in [3.63, 3.8) is 0 Å². The zero-order chi connectivity index (χ0) is 18.3. The van der Waals surface area contributed by atoms with E-state index in [0.717, 1.165) is 0 Å². The Kier molecular flexibility index (Phi) is 10.0. The number of carboxylic acids is 1. The van der Waals surface area contributed by atoms with Crippen molar-refractivity contribution in [2.75, 3.05) is 5.75 Å². The molecule has 0 unspecified atom stereocenters. The maximum Gasteiger partial charge on any atom is 0.327 e. The van der Waals surface area contributed by atoms with Crippen LogP contribution in [0.3, 0.4) is 0 Å². The van der Waals surface area contributed by atoms with Crippen LogP contribution >= 0.6 is 12.4 Å². The Labute approximate surface area is 154 Å². The molecule has 1 heterocycles. The fraction of sp³-hybridized carbons (Fsp3) is 0.800. The van der Waals surface area contributed by atoms with Gasteiger partial charge in [0.15, 0.2) is 9.84 Å². The minimum Gasteiger partial charge on any atom is -0.480 e. The van der Waals surface area contributed by atoms with Crippen LogP contribution in [0.2, 0.25) is 0 Å². The summed E-state index contributed by atoms with van der Waals surface area (Å²) in [6.45, 7) is 3.74. The summed E-state index contributed by atoms with van der Waals surface area (Å²) in [5.41, 5.74) is 0. The minimum atomic E-state index is -3.65. The first kappa shape index (κ1) is 23.6. The molecule has 1 aliphatic heterocycles. The predicted molar refractivity (Wildman–Crippen MR) is 95.4 cm³/mol. The van der Waals surface area contributed by atoms with Crippen molar-refractivity contribution in [2.45, 2.75) is 69.7 Å². The van der Waals surface area contributed by atoms with Gasteiger partial charge in [0.2, 0.25) is 11.8 Å². The molecule has 146 valence electrons. The molecule has 0 aromatic heterocycles. The van der Waals surface area contributed by atoms with Crippen molar-refractivity contribution < 1.29 is 27.9 Å². The van der Waals surface area contributed by atoms with Crippen molar-refractivity contribution in [2.24, 2.45) is 0 Å². The smallest absolute Gasteiger partial charge is 0.327 e. The standard InChI is InChI=1S/C15H26N2O6S.ClH/c1-3-5-10(6-4-2)24(22,23)9-12(15(20)21)17-14(19)11-7-8-13(18)16-11;/h10-12H,3-9H2,1-2H3,(H,16,18)(H,17,19)(H,20,21);1H/t11-,12+;/m1./s1. The van der Waals surface area contributed by atoms with Gasteiger partial charge in [0.25, 0.3) is 0 Å². The third kappa shape index (κ3) is 7.19. The van der Waals surface area contributed by atoms with Gasteiger partial charge in [0.1, 0.15) is 12.1 Å². The number of nitrogens with one attached hydrogen (secondary N) is 2. The molecular formula is C15H27ClN2O6S. The van der Waals surface area contributed by atoms with Gasteiger partial charge in [-0.15, -0.1) is 12.4 Å². The number of sulfone groups is 1. The van der Waals surface area contributed by atoms with Crippen LogP contribution in [0.1, 0.15) is 52.4 Å². The van der Waals surface area contributed by atoms with Crippen molar-refractivity contribution in [1.29, 1.82) is 0 Å². The van der Waals surface area contributed by atoms with E-state index in [4.69, 9.17) is 0 Å². The topological polar surface area (TPSA) is 130 Å². The van der Waals surface area contributed by atoms with E-state index in [0.29, 0.717) is 25.7 Å². The van der Waals surface area contributed by atoms with Crippen LogP contribution in [-0.4, -0.2) is 54.4 Å². The molecular weight excluding hydrogens is 372 g/mol. The monoisotopic (exact) mass is 398 g/mol. The molecule has 2 amide bonds. The summed E-state index contributed by atoms with van der Waals surface area (Å²) < 4.78 is 25.0. The summed E-state index contributed by atoms with van der Waals surface area (Å²) in [4.78, 5) is 34.5. The Bertz CT molecular complexity index is 575. The number of aliphatic carboxylic acids is 1. The van der Waals surface area contributed by atoms with Crippen molar-refractivity contribution in [3.8, 4) is 0 Å². The van der Waals surface area contributed by atoms with E-state index >= 15 is 0 Å². The van der Waals surface area contributed by atoms with Gasteiger partial charge in [-0.1, -0.05) is 26.7 Å². The van der Waals surface area contributed by atoms with E-state index in [9.17, 15) is 27.9 Å². The van der Waals surface area contributed by atoms with Crippen LogP contribution in [0.15, 0.2) is 0 Å². The number of carboxylic acid groups (broad SMARTS) is 1. The summed E-state index contributed by atoms with van der Waals surface area (Å²) in [7, 11) is -3.65. The van der Waals surface area contributed by atoms with E-state index in [2.05, 4.69) is 10.6 Å². The van der Waals surface area contributed by atoms with Gasteiger partial charge in [-0.25, -0.2) is 13.2 Å². The van der Waals surface area contributed by atoms with Gasteiger partial charge in [0, 0.05) is 6.42 Å². The molecule has 2 atom stereocenters. The van der Waals surface area contributed by atoms with Gasteiger partial charge >= 0.3 is 5.97 Å². The molecule has 1 rings (SSSR count). The van der Waals surface area contributed by atoms with Crippen LogP contribution in [-0.2, 0) is 24.2 Å². The van der Waals surface area contributed by atoms with Gasteiger partial charge in [-0.05, 0) is 19.3 Å². The average molecular weight is 399 g/mol. The molecule has 0 spiro atoms. The summed E-state index contributed by atoms with van der Waals surface area (Å²) in [6, 6.07) is -2.32. The molecule has 0 aliphatic carbocycles. The van der Waals surface area contributed by atoms with Crippen LogP contribution in [0.4, 0.5) is 0 Å². The number of hydrogen-bond donors (Lipinski definition) is 3. The van der Waals surface area contributed by atoms with E-state index in [1.54, 1.807) is 0 Å². The second-order valence-electron chi connectivity index (χ2n) is 6.09. The Morgan fingerprint density at radius 3 is 2.24 bits per heavy atom. The molecule has 0 aromatic carbocycles. The van der Waals surface area contributed by atoms with Crippen LogP contribution in [0, 0.1) is 0 Å². The lowest BCUT2D eigenvalue weighted by molar-refractivity contribution is -0.141. The molecule has 3 N–H and O–H groups in total. The summed E-state index contributed by atoms with van der Waals surface area (Å²) in [5.74, 6) is -2.98. The number of halogens is 1. The lowest BCUT2D eigenvalue weighted by atomic mass is 10.2. The van der Waals surface area contributed by atoms with Gasteiger partial charge in [-0.2, -0.15) is 0 Å². The molecule has 25 heavy (non-hydrogen) atoms. The van der Waals surface area contributed by atoms with E-state index in [1.165, 1.54) is 0 Å². The van der Waals surface area contributed by atoms with Crippen LogP contribution in [0.5, 0.6) is 0 Å². The fourth-order valence-corrected chi connectivity index (χ4v) is 4.93. The lowest BCUT2D eigenvalue weighted by Crippen LogP contribution is -2.52. The second kappa shape index (κ2) is 10.6. The highest BCUT2D eigenvalue weighted by Gasteiger charge is 2.34. The van der Waals surface area contributed by atoms with E-state index in [-0.39, 0.29) is 31.2 Å². The summed E-state index contributed by atoms with van der Waals surface area (Å²) in [6.07, 6.45) is 2.77. The Balaban J connectivity index is 0.00000576. The number of rotatable bonds is 10. The first-order valence-corrected chi connectivity index (χ1v) is 9.96. The Morgan fingerprint density at radius 1 is 1.28 bits per heavy atom. The first-order valence-electron chi connectivity index (χ1n) is 8.25. The molecule has 0 aromatic rings. The predicted octanol–water partition coefficient (Wildman–Crippen LogP) is 0.640. The summed E-state index contributed by atoms with van der Waals surface area (Å²) >= 11 is 0. The summed E-state index contributed by atoms with van der Waals surface area (Å²) in [5, 5.41) is 13.3. The number of carbonyl (C=O) groups excluding carboxylic acids is 2. The van der Waals surface area contributed by atoms with Crippen LogP contribution < -0.4 is 10.6 Å². The SMILES string of the molecule is CCCC(CCC)S(=O)(=O)C[C@H](NC(=O)[C@H]1CCC(=O)N1)C(=O)O.Cl. The highest BCUT2D eigenvalue weighted by atomic mass is 35.5. The van der Waals surface area contributed by atoms with Crippen molar-refractivity contribution in [1.82, 2.24) is 10.6 Å². The molecule has 0 saturated carbocycles. The molecule has 1 fully saturated rings. The lowest BCUT2D eigenvalue weighted by Gasteiger charge is -2.21. The molecule has 8 nitrogen and oxygen atoms in total. The molecule has 0 radical (unpaired) electrons. The average Bonchev–Trinajstić information content (AvgIpc) is 2.92. The maximum absolute atomic E-state index is 12.5. The van der Waals surface area contributed by atoms with Crippen LogP contribution in [0.25, 0.3) is 0 Å². The molecule has 1 saturated heterocycles. The van der Waals surface area contributed by atoms with Gasteiger partial charge < -0.3 is 15.7 Å². The molecule has 0 bridgehead atoms. The Hall–Kier alpha value is -1.35. The number of amides is 2. The zero-order valence-electron chi connectivity index (χ0n) is 14.5. The third-order valence-corrected chi connectivity index (χ3v) is 6.34. The molecule has 1 aliphatic rings. The molecule has 10 heteroatoms. The minimum absolute atomic E-state index is 0. The van der Waals surface area contributed by atoms with E-state index < -0.39 is 44.8 Å². The quantitative estimate of drug-likeness (QED) is 0.495. The van der Waals surface area contributed by atoms with Gasteiger partial charge in [-0.3, -0.25) is 9.59 Å². The number of hydrogen-bond acceptors (Lipinski definition) is 5.